The molecular formula is C10H16Cu+. The van der Waals surface area contributed by atoms with Crippen molar-refractivity contribution in [2.75, 3.05) is 0 Å². The van der Waals surface area contributed by atoms with Crippen molar-refractivity contribution in [1.82, 2.24) is 0 Å². The van der Waals surface area contributed by atoms with Crippen LogP contribution in [0.15, 0.2) is 23.3 Å². The Bertz CT molecular complexity index is 146. The molecule has 66 valence electrons. The summed E-state index contributed by atoms with van der Waals surface area (Å²) in [5.41, 5.74) is 3.12. The number of allylic oxidation sites excluding steroid dienone is 4. The Balaban J connectivity index is 0.000001000. The minimum atomic E-state index is 0. The molecule has 0 aromatic rings. The second-order valence-electron chi connectivity index (χ2n) is 3.18. The van der Waals surface area contributed by atoms with E-state index in [0.29, 0.717) is 0 Å². The van der Waals surface area contributed by atoms with Crippen LogP contribution in [0.2, 0.25) is 0 Å². The molecule has 0 spiro atoms. The van der Waals surface area contributed by atoms with Gasteiger partial charge in [0.1, 0.15) is 0 Å². The summed E-state index contributed by atoms with van der Waals surface area (Å²) in [4.78, 5) is 0. The molecule has 0 radical (unpaired) electrons. The van der Waals surface area contributed by atoms with Crippen molar-refractivity contribution in [2.45, 2.75) is 39.5 Å². The van der Waals surface area contributed by atoms with Crippen molar-refractivity contribution in [3.05, 3.63) is 23.3 Å². The van der Waals surface area contributed by atoms with E-state index < -0.39 is 0 Å². The largest absolute Gasteiger partial charge is 1.00 e. The molecule has 0 aromatic carbocycles. The maximum absolute atomic E-state index is 2.37. The molecule has 1 heteroatoms. The summed E-state index contributed by atoms with van der Waals surface area (Å²) >= 11 is 0. The van der Waals surface area contributed by atoms with Crippen LogP contribution in [0.5, 0.6) is 0 Å². The molecule has 0 heterocycles. The number of hydrogen-bond acceptors (Lipinski definition) is 0. The SMILES string of the molecule is CC1=CCCC(C)=CCC1.[Cu+]. The molecule has 0 aliphatic heterocycles. The van der Waals surface area contributed by atoms with E-state index in [1.54, 1.807) is 11.1 Å². The van der Waals surface area contributed by atoms with Crippen molar-refractivity contribution in [1.29, 1.82) is 0 Å². The summed E-state index contributed by atoms with van der Waals surface area (Å²) in [6, 6.07) is 0. The van der Waals surface area contributed by atoms with Gasteiger partial charge in [0.25, 0.3) is 0 Å². The first-order chi connectivity index (χ1) is 4.79. The molecule has 11 heavy (non-hydrogen) atoms. The van der Waals surface area contributed by atoms with E-state index in [2.05, 4.69) is 26.0 Å². The van der Waals surface area contributed by atoms with Crippen LogP contribution in [0.4, 0.5) is 0 Å². The maximum Gasteiger partial charge on any atom is 1.00 e. The topological polar surface area (TPSA) is 0 Å². The standard InChI is InChI=1S/C10H16.Cu/c1-9-5-3-7-10(2)8-4-6-9;/h5,8H,3-4,6-7H2,1-2H3;/q;+1. The van der Waals surface area contributed by atoms with E-state index in [-0.39, 0.29) is 17.1 Å². The van der Waals surface area contributed by atoms with Gasteiger partial charge in [-0.15, -0.1) is 0 Å². The van der Waals surface area contributed by atoms with Crippen LogP contribution in [-0.2, 0) is 17.1 Å². The van der Waals surface area contributed by atoms with Crippen molar-refractivity contribution in [3.63, 3.8) is 0 Å². The average molecular weight is 200 g/mol. The Kier molecular flexibility index (Phi) is 5.62. The molecule has 0 aromatic heterocycles. The van der Waals surface area contributed by atoms with Gasteiger partial charge in [-0.3, -0.25) is 0 Å². The molecule has 0 atom stereocenters. The summed E-state index contributed by atoms with van der Waals surface area (Å²) in [7, 11) is 0. The fourth-order valence-corrected chi connectivity index (χ4v) is 1.30. The average Bonchev–Trinajstić information content (AvgIpc) is 1.84. The zero-order valence-corrected chi connectivity index (χ0v) is 8.23. The minimum absolute atomic E-state index is 0. The maximum atomic E-state index is 2.37. The number of hydrogen-bond donors (Lipinski definition) is 0. The molecule has 1 rings (SSSR count). The van der Waals surface area contributed by atoms with Crippen LogP contribution < -0.4 is 0 Å². The molecule has 0 amide bonds. The van der Waals surface area contributed by atoms with E-state index in [4.69, 9.17) is 0 Å². The predicted octanol–water partition coefficient (Wildman–Crippen LogP) is 3.45. The summed E-state index contributed by atoms with van der Waals surface area (Å²) in [6.45, 7) is 4.46. The van der Waals surface area contributed by atoms with E-state index in [9.17, 15) is 0 Å². The summed E-state index contributed by atoms with van der Waals surface area (Å²) < 4.78 is 0. The zero-order valence-electron chi connectivity index (χ0n) is 7.28. The van der Waals surface area contributed by atoms with Gasteiger partial charge in [0.05, 0.1) is 0 Å². The molecule has 0 bridgehead atoms. The summed E-state index contributed by atoms with van der Waals surface area (Å²) in [6.07, 6.45) is 9.75. The monoisotopic (exact) mass is 199 g/mol. The van der Waals surface area contributed by atoms with Gasteiger partial charge in [-0.1, -0.05) is 23.3 Å². The van der Waals surface area contributed by atoms with Gasteiger partial charge in [0.2, 0.25) is 0 Å². The van der Waals surface area contributed by atoms with Gasteiger partial charge in [-0.25, -0.2) is 0 Å². The Morgan fingerprint density at radius 1 is 0.909 bits per heavy atom. The fourth-order valence-electron chi connectivity index (χ4n) is 1.30. The Labute approximate surface area is 80.2 Å². The molecule has 0 fully saturated rings. The second-order valence-corrected chi connectivity index (χ2v) is 3.18. The minimum Gasteiger partial charge on any atom is -0.0853 e. The predicted molar refractivity (Wildman–Crippen MR) is 46.0 cm³/mol. The Morgan fingerprint density at radius 3 is 1.64 bits per heavy atom. The molecule has 1 aliphatic carbocycles. The van der Waals surface area contributed by atoms with E-state index in [1.165, 1.54) is 25.7 Å². The third kappa shape index (κ3) is 4.44. The fraction of sp³-hybridized carbons (Fsp3) is 0.600. The molecule has 0 nitrogen and oxygen atoms in total. The Hall–Kier alpha value is -0.000519. The molecule has 0 saturated heterocycles. The molecule has 0 unspecified atom stereocenters. The first-order valence-corrected chi connectivity index (χ1v) is 4.10. The molecule has 0 N–H and O–H groups in total. The van der Waals surface area contributed by atoms with Gasteiger partial charge >= 0.3 is 17.1 Å². The molecule has 1 aliphatic rings. The van der Waals surface area contributed by atoms with E-state index in [0.717, 1.165) is 0 Å². The second kappa shape index (κ2) is 5.62. The van der Waals surface area contributed by atoms with Gasteiger partial charge in [0, 0.05) is 0 Å². The zero-order chi connectivity index (χ0) is 7.40. The third-order valence-corrected chi connectivity index (χ3v) is 2.06. The first kappa shape index (κ1) is 11.0. The van der Waals surface area contributed by atoms with Crippen LogP contribution in [0, 0.1) is 0 Å². The molecular weight excluding hydrogens is 184 g/mol. The van der Waals surface area contributed by atoms with Crippen LogP contribution >= 0.6 is 0 Å². The summed E-state index contributed by atoms with van der Waals surface area (Å²) in [5.74, 6) is 0. The van der Waals surface area contributed by atoms with Crippen LogP contribution in [0.1, 0.15) is 39.5 Å². The van der Waals surface area contributed by atoms with Crippen molar-refractivity contribution >= 4 is 0 Å². The van der Waals surface area contributed by atoms with Crippen molar-refractivity contribution in [2.24, 2.45) is 0 Å². The van der Waals surface area contributed by atoms with Gasteiger partial charge in [0.15, 0.2) is 0 Å². The van der Waals surface area contributed by atoms with Crippen LogP contribution in [-0.4, -0.2) is 0 Å². The van der Waals surface area contributed by atoms with Gasteiger partial charge in [-0.2, -0.15) is 0 Å². The quantitative estimate of drug-likeness (QED) is 0.414. The third-order valence-electron chi connectivity index (χ3n) is 2.06. The van der Waals surface area contributed by atoms with Crippen molar-refractivity contribution < 1.29 is 17.1 Å². The van der Waals surface area contributed by atoms with Crippen LogP contribution in [0.25, 0.3) is 0 Å². The van der Waals surface area contributed by atoms with E-state index in [1.807, 2.05) is 0 Å². The van der Waals surface area contributed by atoms with Gasteiger partial charge < -0.3 is 0 Å². The van der Waals surface area contributed by atoms with E-state index >= 15 is 0 Å². The van der Waals surface area contributed by atoms with Gasteiger partial charge in [-0.05, 0) is 39.5 Å². The normalized spacial score (nSPS) is 18.7. The summed E-state index contributed by atoms with van der Waals surface area (Å²) in [5, 5.41) is 0. The number of rotatable bonds is 0. The van der Waals surface area contributed by atoms with Crippen molar-refractivity contribution in [3.8, 4) is 0 Å². The smallest absolute Gasteiger partial charge is 0.0853 e. The first-order valence-electron chi connectivity index (χ1n) is 4.10. The molecule has 0 saturated carbocycles. The Morgan fingerprint density at radius 2 is 1.27 bits per heavy atom. The van der Waals surface area contributed by atoms with Crippen LogP contribution in [0.3, 0.4) is 0 Å².